The van der Waals surface area contributed by atoms with Crippen LogP contribution in [0, 0.1) is 10.1 Å². The van der Waals surface area contributed by atoms with Crippen LogP contribution in [0.5, 0.6) is 0 Å². The van der Waals surface area contributed by atoms with Crippen molar-refractivity contribution >= 4 is 21.4 Å². The van der Waals surface area contributed by atoms with Crippen LogP contribution < -0.4 is 10.0 Å². The van der Waals surface area contributed by atoms with Crippen molar-refractivity contribution in [2.24, 2.45) is 0 Å². The van der Waals surface area contributed by atoms with Gasteiger partial charge in [-0.25, -0.2) is 13.1 Å². The molecule has 1 aromatic carbocycles. The smallest absolute Gasteiger partial charge is 0.293 e. The Balaban J connectivity index is 2.27. The number of rotatable bonds is 5. The maximum Gasteiger partial charge on any atom is 0.293 e. The number of nitrogens with one attached hydrogen (secondary N) is 2. The standard InChI is InChI=1S/C13H19N3O4S/c1-14-12-8-7-11(9-13(12)16(17)18)21(19,20)15-10-5-3-2-4-6-10/h7-10,14-15H,2-6H2,1H3. The SMILES string of the molecule is CNc1ccc(S(=O)(=O)NC2CCCCC2)cc1[N+](=O)[O-]. The molecule has 1 saturated carbocycles. The first-order valence-electron chi connectivity index (χ1n) is 6.92. The van der Waals surface area contributed by atoms with E-state index in [1.807, 2.05) is 0 Å². The molecule has 0 spiro atoms. The van der Waals surface area contributed by atoms with Crippen LogP contribution in [0.2, 0.25) is 0 Å². The van der Waals surface area contributed by atoms with Gasteiger partial charge in [0, 0.05) is 19.2 Å². The zero-order valence-electron chi connectivity index (χ0n) is 11.8. The van der Waals surface area contributed by atoms with E-state index in [0.29, 0.717) is 0 Å². The van der Waals surface area contributed by atoms with Gasteiger partial charge in [0.25, 0.3) is 5.69 Å². The van der Waals surface area contributed by atoms with Crippen molar-refractivity contribution in [3.63, 3.8) is 0 Å². The van der Waals surface area contributed by atoms with Gasteiger partial charge in [0.2, 0.25) is 10.0 Å². The predicted octanol–water partition coefficient (Wildman–Crippen LogP) is 2.25. The number of nitro groups is 1. The van der Waals surface area contributed by atoms with E-state index in [9.17, 15) is 18.5 Å². The van der Waals surface area contributed by atoms with Crippen molar-refractivity contribution in [2.45, 2.75) is 43.0 Å². The van der Waals surface area contributed by atoms with Crippen molar-refractivity contribution in [1.82, 2.24) is 4.72 Å². The molecule has 1 aromatic rings. The van der Waals surface area contributed by atoms with E-state index in [4.69, 9.17) is 0 Å². The molecule has 0 amide bonds. The van der Waals surface area contributed by atoms with Crippen LogP contribution in [0.1, 0.15) is 32.1 Å². The van der Waals surface area contributed by atoms with Gasteiger partial charge in [-0.2, -0.15) is 0 Å². The van der Waals surface area contributed by atoms with Crippen molar-refractivity contribution in [3.8, 4) is 0 Å². The molecule has 1 aliphatic carbocycles. The summed E-state index contributed by atoms with van der Waals surface area (Å²) < 4.78 is 27.3. The fraction of sp³-hybridized carbons (Fsp3) is 0.538. The van der Waals surface area contributed by atoms with Crippen molar-refractivity contribution in [3.05, 3.63) is 28.3 Å². The number of hydrogen-bond donors (Lipinski definition) is 2. The van der Waals surface area contributed by atoms with Gasteiger partial charge in [-0.05, 0) is 25.0 Å². The lowest BCUT2D eigenvalue weighted by Crippen LogP contribution is -2.36. The second kappa shape index (κ2) is 6.40. The molecular weight excluding hydrogens is 294 g/mol. The van der Waals surface area contributed by atoms with Gasteiger partial charge < -0.3 is 5.32 Å². The summed E-state index contributed by atoms with van der Waals surface area (Å²) in [5.41, 5.74) is 0.0423. The lowest BCUT2D eigenvalue weighted by molar-refractivity contribution is -0.384. The molecule has 2 rings (SSSR count). The molecule has 1 aliphatic rings. The van der Waals surface area contributed by atoms with Crippen LogP contribution >= 0.6 is 0 Å². The summed E-state index contributed by atoms with van der Waals surface area (Å²) in [6.45, 7) is 0. The Bertz CT molecular complexity index is 624. The fourth-order valence-electron chi connectivity index (χ4n) is 2.55. The highest BCUT2D eigenvalue weighted by molar-refractivity contribution is 7.89. The largest absolute Gasteiger partial charge is 0.383 e. The van der Waals surface area contributed by atoms with E-state index in [-0.39, 0.29) is 22.3 Å². The Morgan fingerprint density at radius 2 is 1.90 bits per heavy atom. The summed E-state index contributed by atoms with van der Waals surface area (Å²) in [6.07, 6.45) is 4.77. The first-order valence-corrected chi connectivity index (χ1v) is 8.41. The van der Waals surface area contributed by atoms with Crippen molar-refractivity contribution < 1.29 is 13.3 Å². The van der Waals surface area contributed by atoms with Crippen LogP contribution in [-0.4, -0.2) is 26.4 Å². The first kappa shape index (κ1) is 15.7. The molecule has 0 bridgehead atoms. The topological polar surface area (TPSA) is 101 Å². The molecule has 0 aromatic heterocycles. The predicted molar refractivity (Wildman–Crippen MR) is 79.8 cm³/mol. The summed E-state index contributed by atoms with van der Waals surface area (Å²) in [7, 11) is -2.17. The lowest BCUT2D eigenvalue weighted by Gasteiger charge is -2.22. The third-order valence-electron chi connectivity index (χ3n) is 3.67. The Morgan fingerprint density at radius 1 is 1.24 bits per heavy atom. The van der Waals surface area contributed by atoms with Crippen LogP contribution in [0.4, 0.5) is 11.4 Å². The Kier molecular flexibility index (Phi) is 4.79. The molecule has 0 atom stereocenters. The molecule has 2 N–H and O–H groups in total. The highest BCUT2D eigenvalue weighted by atomic mass is 32.2. The Labute approximate surface area is 123 Å². The number of anilines is 1. The van der Waals surface area contributed by atoms with Gasteiger partial charge in [-0.15, -0.1) is 0 Å². The zero-order valence-corrected chi connectivity index (χ0v) is 12.6. The monoisotopic (exact) mass is 313 g/mol. The first-order chi connectivity index (χ1) is 9.94. The van der Waals surface area contributed by atoms with Crippen LogP contribution in [-0.2, 0) is 10.0 Å². The molecule has 116 valence electrons. The van der Waals surface area contributed by atoms with Crippen LogP contribution in [0.3, 0.4) is 0 Å². The van der Waals surface area contributed by atoms with Crippen LogP contribution in [0.25, 0.3) is 0 Å². The number of nitro benzene ring substituents is 1. The number of hydrogen-bond acceptors (Lipinski definition) is 5. The summed E-state index contributed by atoms with van der Waals surface area (Å²) in [6, 6.07) is 3.81. The highest BCUT2D eigenvalue weighted by Crippen LogP contribution is 2.28. The molecule has 0 radical (unpaired) electrons. The minimum Gasteiger partial charge on any atom is -0.383 e. The van der Waals surface area contributed by atoms with Crippen LogP contribution in [0.15, 0.2) is 23.1 Å². The minimum atomic E-state index is -3.72. The molecule has 21 heavy (non-hydrogen) atoms. The molecule has 1 fully saturated rings. The zero-order chi connectivity index (χ0) is 15.5. The summed E-state index contributed by atoms with van der Waals surface area (Å²) in [5.74, 6) is 0. The number of sulfonamides is 1. The van der Waals surface area contributed by atoms with E-state index >= 15 is 0 Å². The molecule has 7 nitrogen and oxygen atoms in total. The van der Waals surface area contributed by atoms with E-state index < -0.39 is 14.9 Å². The van der Waals surface area contributed by atoms with Crippen molar-refractivity contribution in [2.75, 3.05) is 12.4 Å². The highest BCUT2D eigenvalue weighted by Gasteiger charge is 2.24. The van der Waals surface area contributed by atoms with E-state index in [0.717, 1.165) is 38.2 Å². The maximum atomic E-state index is 12.3. The second-order valence-electron chi connectivity index (χ2n) is 5.14. The third-order valence-corrected chi connectivity index (χ3v) is 5.19. The molecule has 0 heterocycles. The molecule has 0 unspecified atom stereocenters. The van der Waals surface area contributed by atoms with Gasteiger partial charge >= 0.3 is 0 Å². The van der Waals surface area contributed by atoms with Gasteiger partial charge in [0.15, 0.2) is 0 Å². The van der Waals surface area contributed by atoms with E-state index in [2.05, 4.69) is 10.0 Å². The maximum absolute atomic E-state index is 12.3. The number of benzene rings is 1. The number of nitrogens with zero attached hydrogens (tertiary/aromatic N) is 1. The molecular formula is C13H19N3O4S. The van der Waals surface area contributed by atoms with Gasteiger partial charge in [-0.3, -0.25) is 10.1 Å². The van der Waals surface area contributed by atoms with Gasteiger partial charge in [-0.1, -0.05) is 19.3 Å². The van der Waals surface area contributed by atoms with Gasteiger partial charge in [0.1, 0.15) is 5.69 Å². The second-order valence-corrected chi connectivity index (χ2v) is 6.86. The Hall–Kier alpha value is -1.67. The summed E-state index contributed by atoms with van der Waals surface area (Å²) in [4.78, 5) is 10.3. The minimum absolute atomic E-state index is 0.0706. The van der Waals surface area contributed by atoms with E-state index in [1.54, 1.807) is 7.05 Å². The lowest BCUT2D eigenvalue weighted by atomic mass is 9.96. The fourth-order valence-corrected chi connectivity index (χ4v) is 3.87. The quantitative estimate of drug-likeness (QED) is 0.641. The Morgan fingerprint density at radius 3 is 2.48 bits per heavy atom. The molecule has 0 aliphatic heterocycles. The summed E-state index contributed by atoms with van der Waals surface area (Å²) in [5, 5.41) is 13.7. The average molecular weight is 313 g/mol. The van der Waals surface area contributed by atoms with Crippen molar-refractivity contribution in [1.29, 1.82) is 0 Å². The molecule has 0 saturated heterocycles. The normalized spacial score (nSPS) is 16.6. The van der Waals surface area contributed by atoms with E-state index in [1.165, 1.54) is 12.1 Å². The third kappa shape index (κ3) is 3.70. The molecule has 8 heteroatoms. The average Bonchev–Trinajstić information content (AvgIpc) is 2.47. The summed E-state index contributed by atoms with van der Waals surface area (Å²) >= 11 is 0. The van der Waals surface area contributed by atoms with Gasteiger partial charge in [0.05, 0.1) is 9.82 Å².